The molecule has 2 rings (SSSR count). The van der Waals surface area contributed by atoms with Gasteiger partial charge in [-0.25, -0.2) is 4.39 Å². The summed E-state index contributed by atoms with van der Waals surface area (Å²) in [4.78, 5) is 25.1. The maximum Gasteiger partial charge on any atom is 0.257 e. The zero-order valence-corrected chi connectivity index (χ0v) is 11.6. The van der Waals surface area contributed by atoms with Crippen molar-refractivity contribution < 1.29 is 14.0 Å². The summed E-state index contributed by atoms with van der Waals surface area (Å²) < 4.78 is 13.9. The lowest BCUT2D eigenvalue weighted by Gasteiger charge is -2.28. The molecular weight excluding hydrogens is 259 g/mol. The molecule has 0 bridgehead atoms. The first-order valence-electron chi connectivity index (χ1n) is 6.84. The van der Waals surface area contributed by atoms with E-state index < -0.39 is 17.6 Å². The van der Waals surface area contributed by atoms with E-state index in [1.807, 2.05) is 0 Å². The second-order valence-corrected chi connectivity index (χ2v) is 5.32. The predicted octanol–water partition coefficient (Wildman–Crippen LogP) is 2.00. The number of nitrogens with two attached hydrogens (primary N) is 1. The fraction of sp³-hybridized carbons (Fsp3) is 0.467. The highest BCUT2D eigenvalue weighted by molar-refractivity contribution is 5.96. The van der Waals surface area contributed by atoms with E-state index in [0.717, 1.165) is 31.2 Å². The van der Waals surface area contributed by atoms with Crippen molar-refractivity contribution in [3.8, 4) is 0 Å². The van der Waals surface area contributed by atoms with Crippen molar-refractivity contribution in [2.75, 3.05) is 6.54 Å². The monoisotopic (exact) mass is 278 g/mol. The van der Waals surface area contributed by atoms with Crippen molar-refractivity contribution >= 4 is 11.8 Å². The van der Waals surface area contributed by atoms with E-state index in [-0.39, 0.29) is 18.2 Å². The Kier molecular flexibility index (Phi) is 4.37. The summed E-state index contributed by atoms with van der Waals surface area (Å²) in [5.41, 5.74) is 5.97. The molecule has 0 unspecified atom stereocenters. The molecule has 1 aliphatic rings. The molecule has 0 atom stereocenters. The molecule has 108 valence electrons. The van der Waals surface area contributed by atoms with Crippen molar-refractivity contribution in [3.05, 3.63) is 35.1 Å². The number of carbonyl (C=O) groups excluding carboxylic acids is 2. The van der Waals surface area contributed by atoms with Crippen molar-refractivity contribution in [2.24, 2.45) is 5.73 Å². The topological polar surface area (TPSA) is 63.4 Å². The summed E-state index contributed by atoms with van der Waals surface area (Å²) in [6.07, 6.45) is 3.71. The van der Waals surface area contributed by atoms with E-state index in [9.17, 15) is 14.0 Å². The smallest absolute Gasteiger partial charge is 0.257 e. The summed E-state index contributed by atoms with van der Waals surface area (Å²) >= 11 is 0. The average Bonchev–Trinajstić information content (AvgIpc) is 2.88. The lowest BCUT2D eigenvalue weighted by atomic mass is 10.1. The Morgan fingerprint density at radius 3 is 2.55 bits per heavy atom. The Morgan fingerprint density at radius 1 is 1.35 bits per heavy atom. The van der Waals surface area contributed by atoms with Gasteiger partial charge in [-0.05, 0) is 37.5 Å². The minimum Gasteiger partial charge on any atom is -0.368 e. The summed E-state index contributed by atoms with van der Waals surface area (Å²) in [7, 11) is 0. The first-order valence-corrected chi connectivity index (χ1v) is 6.84. The van der Waals surface area contributed by atoms with Crippen molar-refractivity contribution in [3.63, 3.8) is 0 Å². The molecule has 0 saturated heterocycles. The molecule has 20 heavy (non-hydrogen) atoms. The molecule has 0 radical (unpaired) electrons. The minimum absolute atomic E-state index is 0.00347. The maximum absolute atomic E-state index is 13.9. The Bertz CT molecular complexity index is 525. The van der Waals surface area contributed by atoms with Gasteiger partial charge in [0.15, 0.2) is 0 Å². The molecule has 2 N–H and O–H groups in total. The van der Waals surface area contributed by atoms with E-state index in [2.05, 4.69) is 0 Å². The molecule has 0 heterocycles. The largest absolute Gasteiger partial charge is 0.368 e. The molecule has 1 aromatic rings. The number of halogens is 1. The fourth-order valence-corrected chi connectivity index (χ4v) is 2.70. The molecule has 1 fully saturated rings. The summed E-state index contributed by atoms with van der Waals surface area (Å²) in [5.74, 6) is -1.58. The van der Waals surface area contributed by atoms with Crippen LogP contribution in [0.15, 0.2) is 18.2 Å². The number of hydrogen-bond acceptors (Lipinski definition) is 2. The van der Waals surface area contributed by atoms with Crippen LogP contribution in [-0.2, 0) is 4.79 Å². The Hall–Kier alpha value is -1.91. The minimum atomic E-state index is -0.572. The highest BCUT2D eigenvalue weighted by Gasteiger charge is 2.29. The number of rotatable bonds is 4. The SMILES string of the molecule is Cc1ccc(C(=O)N(CC(N)=O)C2CCCC2)c(F)c1. The number of amides is 2. The third kappa shape index (κ3) is 3.15. The van der Waals surface area contributed by atoms with Gasteiger partial charge in [0.25, 0.3) is 5.91 Å². The van der Waals surface area contributed by atoms with Gasteiger partial charge in [0.1, 0.15) is 5.82 Å². The van der Waals surface area contributed by atoms with Gasteiger partial charge in [0, 0.05) is 6.04 Å². The summed E-state index contributed by atoms with van der Waals surface area (Å²) in [6, 6.07) is 4.46. The number of benzene rings is 1. The van der Waals surface area contributed by atoms with Crippen LogP contribution in [0.3, 0.4) is 0 Å². The first-order chi connectivity index (χ1) is 9.49. The lowest BCUT2D eigenvalue weighted by molar-refractivity contribution is -0.119. The van der Waals surface area contributed by atoms with Crippen LogP contribution in [0.2, 0.25) is 0 Å². The molecule has 0 aliphatic heterocycles. The zero-order chi connectivity index (χ0) is 14.7. The van der Waals surface area contributed by atoms with Gasteiger partial charge in [-0.15, -0.1) is 0 Å². The van der Waals surface area contributed by atoms with E-state index >= 15 is 0 Å². The van der Waals surface area contributed by atoms with Crippen molar-refractivity contribution in [2.45, 2.75) is 38.6 Å². The molecule has 0 aromatic heterocycles. The highest BCUT2D eigenvalue weighted by Crippen LogP contribution is 2.25. The second-order valence-electron chi connectivity index (χ2n) is 5.32. The van der Waals surface area contributed by atoms with Crippen LogP contribution in [0.1, 0.15) is 41.6 Å². The number of hydrogen-bond donors (Lipinski definition) is 1. The third-order valence-electron chi connectivity index (χ3n) is 3.71. The van der Waals surface area contributed by atoms with Crippen LogP contribution in [0.4, 0.5) is 4.39 Å². The van der Waals surface area contributed by atoms with Gasteiger partial charge in [-0.2, -0.15) is 0 Å². The van der Waals surface area contributed by atoms with Crippen LogP contribution in [0, 0.1) is 12.7 Å². The van der Waals surface area contributed by atoms with Crippen LogP contribution in [0.25, 0.3) is 0 Å². The van der Waals surface area contributed by atoms with Gasteiger partial charge in [0.05, 0.1) is 12.1 Å². The van der Waals surface area contributed by atoms with E-state index in [4.69, 9.17) is 5.73 Å². The molecule has 5 heteroatoms. The number of carbonyl (C=O) groups is 2. The molecule has 4 nitrogen and oxygen atoms in total. The van der Waals surface area contributed by atoms with Gasteiger partial charge >= 0.3 is 0 Å². The second kappa shape index (κ2) is 6.03. The lowest BCUT2D eigenvalue weighted by Crippen LogP contribution is -2.44. The normalized spacial score (nSPS) is 15.3. The van der Waals surface area contributed by atoms with Crippen LogP contribution < -0.4 is 5.73 Å². The third-order valence-corrected chi connectivity index (χ3v) is 3.71. The van der Waals surface area contributed by atoms with Crippen molar-refractivity contribution in [1.29, 1.82) is 0 Å². The predicted molar refractivity (Wildman–Crippen MR) is 73.6 cm³/mol. The fourth-order valence-electron chi connectivity index (χ4n) is 2.70. The van der Waals surface area contributed by atoms with E-state index in [0.29, 0.717) is 0 Å². The van der Waals surface area contributed by atoms with Gasteiger partial charge < -0.3 is 10.6 Å². The summed E-state index contributed by atoms with van der Waals surface area (Å²) in [6.45, 7) is 1.60. The number of primary amides is 1. The zero-order valence-electron chi connectivity index (χ0n) is 11.6. The maximum atomic E-state index is 13.9. The summed E-state index contributed by atoms with van der Waals surface area (Å²) in [5, 5.41) is 0. The van der Waals surface area contributed by atoms with E-state index in [1.165, 1.54) is 17.0 Å². The Labute approximate surface area is 117 Å². The molecule has 2 amide bonds. The first kappa shape index (κ1) is 14.5. The molecule has 1 aliphatic carbocycles. The van der Waals surface area contributed by atoms with Gasteiger partial charge in [-0.3, -0.25) is 9.59 Å². The quantitative estimate of drug-likeness (QED) is 0.915. The van der Waals surface area contributed by atoms with Crippen LogP contribution >= 0.6 is 0 Å². The Balaban J connectivity index is 2.27. The number of nitrogens with zero attached hydrogens (tertiary/aromatic N) is 1. The Morgan fingerprint density at radius 2 is 2.00 bits per heavy atom. The van der Waals surface area contributed by atoms with Gasteiger partial charge in [0.2, 0.25) is 5.91 Å². The van der Waals surface area contributed by atoms with Crippen molar-refractivity contribution in [1.82, 2.24) is 4.90 Å². The molecular formula is C15H19FN2O2. The van der Waals surface area contributed by atoms with Crippen LogP contribution in [-0.4, -0.2) is 29.3 Å². The number of aryl methyl sites for hydroxylation is 1. The van der Waals surface area contributed by atoms with Crippen LogP contribution in [0.5, 0.6) is 0 Å². The molecule has 1 saturated carbocycles. The highest BCUT2D eigenvalue weighted by atomic mass is 19.1. The molecule has 0 spiro atoms. The van der Waals surface area contributed by atoms with Gasteiger partial charge in [-0.1, -0.05) is 18.9 Å². The van der Waals surface area contributed by atoms with E-state index in [1.54, 1.807) is 13.0 Å². The standard InChI is InChI=1S/C15H19FN2O2/c1-10-6-7-12(13(16)8-10)15(20)18(9-14(17)19)11-4-2-3-5-11/h6-8,11H,2-5,9H2,1H3,(H2,17,19). The molecule has 1 aromatic carbocycles. The average molecular weight is 278 g/mol.